The van der Waals surface area contributed by atoms with Crippen molar-refractivity contribution in [2.75, 3.05) is 11.5 Å². The van der Waals surface area contributed by atoms with Crippen molar-refractivity contribution in [1.82, 2.24) is 9.97 Å². The van der Waals surface area contributed by atoms with E-state index in [9.17, 15) is 0 Å². The maximum Gasteiger partial charge on any atom is 2.00 e. The first-order chi connectivity index (χ1) is 8.62. The number of nitrogen functional groups attached to an aromatic ring is 2. The van der Waals surface area contributed by atoms with Crippen LogP contribution in [0, 0.1) is 0 Å². The second-order valence-electron chi connectivity index (χ2n) is 1.92. The zero-order chi connectivity index (χ0) is 14.2. The molecule has 2 rings (SSSR count). The van der Waals surface area contributed by atoms with Gasteiger partial charge in [-0.1, -0.05) is 0 Å². The summed E-state index contributed by atoms with van der Waals surface area (Å²) in [5.41, 5.74) is 37.4. The summed E-state index contributed by atoms with van der Waals surface area (Å²) in [4.78, 5) is 10.4. The quantitative estimate of drug-likeness (QED) is 0.319. The summed E-state index contributed by atoms with van der Waals surface area (Å²) in [6, 6.07) is 0. The Morgan fingerprint density at radius 1 is 0.842 bits per heavy atom. The van der Waals surface area contributed by atoms with E-state index in [2.05, 4.69) is 9.97 Å². The van der Waals surface area contributed by atoms with Gasteiger partial charge in [-0.3, -0.25) is 9.82 Å². The van der Waals surface area contributed by atoms with E-state index < -0.39 is 0 Å². The second kappa shape index (κ2) is 18.5. The topological polar surface area (TPSA) is 195 Å². The monoisotopic (exact) mass is 348 g/mol. The van der Waals surface area contributed by atoms with Crippen LogP contribution in [-0.2, 0) is 19.5 Å². The molecule has 0 amide bonds. The molecule has 2 aromatic rings. The molecule has 96 valence electrons. The molecular formula is C6H8N10S2Zn. The number of thiazole rings is 2. The molecule has 0 saturated heterocycles. The van der Waals surface area contributed by atoms with E-state index in [1.54, 1.807) is 12.4 Å². The number of nitrogens with zero attached hydrogens (tertiary/aromatic N) is 8. The maximum absolute atomic E-state index is 6.75. The number of rotatable bonds is 0. The second-order valence-corrected chi connectivity index (χ2v) is 3.77. The first kappa shape index (κ1) is 22.3. The summed E-state index contributed by atoms with van der Waals surface area (Å²) in [6.45, 7) is 0. The fourth-order valence-electron chi connectivity index (χ4n) is 0.469. The molecule has 13 heteroatoms. The Labute approximate surface area is 129 Å². The van der Waals surface area contributed by atoms with Crippen molar-refractivity contribution in [1.29, 1.82) is 0 Å². The number of hydrogen-bond acceptors (Lipinski definition) is 6. The van der Waals surface area contributed by atoms with Crippen molar-refractivity contribution in [3.8, 4) is 0 Å². The first-order valence-corrected chi connectivity index (χ1v) is 5.65. The molecule has 4 N–H and O–H groups in total. The van der Waals surface area contributed by atoms with Crippen molar-refractivity contribution in [2.24, 2.45) is 0 Å². The van der Waals surface area contributed by atoms with Gasteiger partial charge in [-0.05, 0) is 0 Å². The van der Waals surface area contributed by atoms with Gasteiger partial charge in [0.2, 0.25) is 0 Å². The van der Waals surface area contributed by atoms with Crippen LogP contribution in [0.1, 0.15) is 0 Å². The Bertz CT molecular complexity index is 398. The Morgan fingerprint density at radius 3 is 1.16 bits per heavy atom. The Kier molecular flexibility index (Phi) is 21.7. The van der Waals surface area contributed by atoms with E-state index in [1.165, 1.54) is 32.5 Å². The summed E-state index contributed by atoms with van der Waals surface area (Å²) in [6.07, 6.45) is 3.36. The number of aromatic nitrogens is 2. The summed E-state index contributed by atoms with van der Waals surface area (Å²) >= 11 is 2.89. The normalized spacial score (nSPS) is 6.32. The average Bonchev–Trinajstić information content (AvgIpc) is 2.95. The largest absolute Gasteiger partial charge is 2.00 e. The Morgan fingerprint density at radius 2 is 1.11 bits per heavy atom. The van der Waals surface area contributed by atoms with Crippen LogP contribution in [0.5, 0.6) is 0 Å². The van der Waals surface area contributed by atoms with Gasteiger partial charge in [0.1, 0.15) is 0 Å². The minimum atomic E-state index is 0. The van der Waals surface area contributed by atoms with E-state index in [4.69, 9.17) is 33.6 Å². The van der Waals surface area contributed by atoms with Crippen LogP contribution in [0.15, 0.2) is 23.2 Å². The van der Waals surface area contributed by atoms with Gasteiger partial charge in [0, 0.05) is 23.2 Å². The third kappa shape index (κ3) is 21.9. The molecule has 0 spiro atoms. The predicted octanol–water partition coefficient (Wildman–Crippen LogP) is 3.18. The smallest absolute Gasteiger partial charge is 0.375 e. The minimum Gasteiger partial charge on any atom is -0.375 e. The molecule has 0 aromatic carbocycles. The number of nitrogens with two attached hydrogens (primary N) is 2. The minimum absolute atomic E-state index is 0. The van der Waals surface area contributed by atoms with Gasteiger partial charge in [0.25, 0.3) is 0 Å². The third-order valence-electron chi connectivity index (χ3n) is 0.903. The molecule has 0 aliphatic rings. The molecule has 0 aliphatic carbocycles. The van der Waals surface area contributed by atoms with Crippen LogP contribution in [0.2, 0.25) is 0 Å². The Hall–Kier alpha value is -1.90. The molecule has 0 bridgehead atoms. The van der Waals surface area contributed by atoms with Gasteiger partial charge in [0.15, 0.2) is 10.3 Å². The molecule has 0 unspecified atom stereocenters. The van der Waals surface area contributed by atoms with E-state index in [0.717, 1.165) is 0 Å². The molecule has 0 fully saturated rings. The Balaban J connectivity index is -0.000000188. The predicted molar refractivity (Wildman–Crippen MR) is 73.2 cm³/mol. The molecule has 2 heterocycles. The van der Waals surface area contributed by atoms with Crippen LogP contribution in [0.3, 0.4) is 0 Å². The fraction of sp³-hybridized carbons (Fsp3) is 0. The van der Waals surface area contributed by atoms with E-state index >= 15 is 0 Å². The standard InChI is InChI=1S/2C3H4N2S.2N3.Zn/c2*4-3-5-1-2-6-3;2*1-3-2;/h2*1-2H,(H2,4,5);;;/q;;2*-1;+2. The van der Waals surface area contributed by atoms with E-state index in [1.807, 2.05) is 10.8 Å². The molecule has 0 saturated carbocycles. The van der Waals surface area contributed by atoms with Crippen molar-refractivity contribution in [3.05, 3.63) is 55.1 Å². The maximum atomic E-state index is 6.75. The molecular weight excluding hydrogens is 342 g/mol. The van der Waals surface area contributed by atoms with Gasteiger partial charge in [-0.15, -0.1) is 22.7 Å². The molecule has 0 radical (unpaired) electrons. The van der Waals surface area contributed by atoms with Crippen molar-refractivity contribution in [2.45, 2.75) is 0 Å². The van der Waals surface area contributed by atoms with Crippen LogP contribution in [-0.4, -0.2) is 9.97 Å². The van der Waals surface area contributed by atoms with E-state index in [-0.39, 0.29) is 19.5 Å². The summed E-state index contributed by atoms with van der Waals surface area (Å²) in [5, 5.41) is 4.95. The SMILES string of the molecule is Nc1nccs1.Nc1nccs1.[N-]=[N+]=[N-].[N-]=[N+]=[N-].[Zn+2]. The van der Waals surface area contributed by atoms with Crippen LogP contribution in [0.25, 0.3) is 31.9 Å². The van der Waals surface area contributed by atoms with Crippen molar-refractivity contribution < 1.29 is 19.5 Å². The van der Waals surface area contributed by atoms with Gasteiger partial charge in [-0.25, -0.2) is 9.97 Å². The van der Waals surface area contributed by atoms with Crippen LogP contribution in [0.4, 0.5) is 10.3 Å². The zero-order valence-corrected chi connectivity index (χ0v) is 14.2. The number of anilines is 2. The number of hydrogen-bond donors (Lipinski definition) is 2. The third-order valence-corrected chi connectivity index (χ3v) is 2.11. The van der Waals surface area contributed by atoms with Gasteiger partial charge in [0.05, 0.1) is 0 Å². The molecule has 0 atom stereocenters. The average molecular weight is 350 g/mol. The van der Waals surface area contributed by atoms with Crippen molar-refractivity contribution in [3.63, 3.8) is 0 Å². The summed E-state index contributed by atoms with van der Waals surface area (Å²) in [7, 11) is 0. The first-order valence-electron chi connectivity index (χ1n) is 3.89. The van der Waals surface area contributed by atoms with Crippen LogP contribution < -0.4 is 11.5 Å². The molecule has 10 nitrogen and oxygen atoms in total. The summed E-state index contributed by atoms with van der Waals surface area (Å²) in [5.74, 6) is 0. The summed E-state index contributed by atoms with van der Waals surface area (Å²) < 4.78 is 0. The van der Waals surface area contributed by atoms with Gasteiger partial charge >= 0.3 is 19.5 Å². The zero-order valence-electron chi connectivity index (χ0n) is 9.57. The van der Waals surface area contributed by atoms with Crippen LogP contribution >= 0.6 is 22.7 Å². The van der Waals surface area contributed by atoms with Gasteiger partial charge in [-0.2, -0.15) is 0 Å². The molecule has 19 heavy (non-hydrogen) atoms. The van der Waals surface area contributed by atoms with Crippen molar-refractivity contribution >= 4 is 32.9 Å². The molecule has 0 aliphatic heterocycles. The fourth-order valence-corrected chi connectivity index (χ4v) is 1.23. The van der Waals surface area contributed by atoms with Gasteiger partial charge < -0.3 is 33.6 Å². The molecule has 2 aromatic heterocycles. The van der Waals surface area contributed by atoms with E-state index in [0.29, 0.717) is 10.3 Å².